The highest BCUT2D eigenvalue weighted by Gasteiger charge is 2.13. The van der Waals surface area contributed by atoms with E-state index in [1.54, 1.807) is 12.1 Å². The van der Waals surface area contributed by atoms with Gasteiger partial charge in [-0.1, -0.05) is 22.0 Å². The summed E-state index contributed by atoms with van der Waals surface area (Å²) in [4.78, 5) is 11.7. The zero-order valence-electron chi connectivity index (χ0n) is 8.70. The van der Waals surface area contributed by atoms with Crippen LogP contribution < -0.4 is 10.1 Å². The van der Waals surface area contributed by atoms with Crippen LogP contribution in [0.15, 0.2) is 40.4 Å². The number of carbonyl (C=O) groups is 1. The number of rotatable bonds is 2. The fourth-order valence-corrected chi connectivity index (χ4v) is 1.74. The summed E-state index contributed by atoms with van der Waals surface area (Å²) in [5.41, 5.74) is 0.703. The number of halogens is 1. The van der Waals surface area contributed by atoms with Crippen molar-refractivity contribution in [1.82, 2.24) is 5.32 Å². The van der Waals surface area contributed by atoms with Gasteiger partial charge < -0.3 is 10.1 Å². The molecule has 0 saturated carbocycles. The van der Waals surface area contributed by atoms with Gasteiger partial charge in [0.15, 0.2) is 0 Å². The predicted octanol–water partition coefficient (Wildman–Crippen LogP) is 2.27. The molecule has 0 spiro atoms. The molecule has 0 unspecified atom stereocenters. The maximum atomic E-state index is 11.7. The van der Waals surface area contributed by atoms with Crippen molar-refractivity contribution in [2.75, 3.05) is 13.1 Å². The molecule has 0 saturated heterocycles. The van der Waals surface area contributed by atoms with E-state index in [2.05, 4.69) is 21.2 Å². The van der Waals surface area contributed by atoms with E-state index in [-0.39, 0.29) is 5.97 Å². The number of carbonyl (C=O) groups excluding carboxylic acids is 1. The quantitative estimate of drug-likeness (QED) is 0.668. The highest BCUT2D eigenvalue weighted by molar-refractivity contribution is 9.10. The molecule has 1 heterocycles. The van der Waals surface area contributed by atoms with E-state index in [1.807, 2.05) is 18.2 Å². The van der Waals surface area contributed by atoms with Crippen molar-refractivity contribution in [3.8, 4) is 5.75 Å². The van der Waals surface area contributed by atoms with Crippen LogP contribution in [0, 0.1) is 0 Å². The van der Waals surface area contributed by atoms with Gasteiger partial charge in [-0.15, -0.1) is 0 Å². The topological polar surface area (TPSA) is 38.3 Å². The van der Waals surface area contributed by atoms with Crippen LogP contribution in [0.2, 0.25) is 0 Å². The monoisotopic (exact) mass is 281 g/mol. The Hall–Kier alpha value is -1.13. The Balaban J connectivity index is 2.01. The zero-order valence-corrected chi connectivity index (χ0v) is 10.3. The van der Waals surface area contributed by atoms with Gasteiger partial charge in [-0.3, -0.25) is 0 Å². The van der Waals surface area contributed by atoms with Gasteiger partial charge in [-0.05, 0) is 37.2 Å². The second kappa shape index (κ2) is 5.27. The molecule has 1 aromatic carbocycles. The number of benzene rings is 1. The minimum atomic E-state index is -0.269. The highest BCUT2D eigenvalue weighted by atomic mass is 79.9. The Morgan fingerprint density at radius 3 is 2.69 bits per heavy atom. The minimum Gasteiger partial charge on any atom is -0.423 e. The molecule has 0 amide bonds. The molecule has 1 aliphatic heterocycles. The molecule has 0 aromatic heterocycles. The van der Waals surface area contributed by atoms with Crippen LogP contribution in [-0.2, 0) is 4.79 Å². The molecule has 3 nitrogen and oxygen atoms in total. The molecule has 0 fully saturated rings. The first-order valence-electron chi connectivity index (χ1n) is 5.13. The Morgan fingerprint density at radius 2 is 2.06 bits per heavy atom. The average Bonchev–Trinajstić information content (AvgIpc) is 2.33. The van der Waals surface area contributed by atoms with Crippen molar-refractivity contribution in [1.29, 1.82) is 0 Å². The molecule has 0 aliphatic carbocycles. The van der Waals surface area contributed by atoms with E-state index in [1.165, 1.54) is 0 Å². The molecule has 0 bridgehead atoms. The molecule has 1 aromatic rings. The third-order valence-electron chi connectivity index (χ3n) is 2.31. The van der Waals surface area contributed by atoms with Gasteiger partial charge in [-0.25, -0.2) is 4.79 Å². The molecule has 0 radical (unpaired) electrons. The lowest BCUT2D eigenvalue weighted by Gasteiger charge is -2.13. The Morgan fingerprint density at radius 1 is 1.31 bits per heavy atom. The SMILES string of the molecule is O=C(Oc1ccc(Br)cc1)C1=CCCNC1. The van der Waals surface area contributed by atoms with Crippen molar-refractivity contribution in [2.45, 2.75) is 6.42 Å². The van der Waals surface area contributed by atoms with Crippen LogP contribution in [0.25, 0.3) is 0 Å². The van der Waals surface area contributed by atoms with E-state index in [9.17, 15) is 4.79 Å². The largest absolute Gasteiger partial charge is 0.423 e. The molecule has 84 valence electrons. The number of nitrogens with one attached hydrogen (secondary N) is 1. The highest BCUT2D eigenvalue weighted by Crippen LogP contribution is 2.17. The second-order valence-electron chi connectivity index (χ2n) is 3.54. The molecule has 1 aliphatic rings. The smallest absolute Gasteiger partial charge is 0.340 e. The summed E-state index contributed by atoms with van der Waals surface area (Å²) in [6, 6.07) is 7.21. The van der Waals surface area contributed by atoms with Gasteiger partial charge in [0.1, 0.15) is 5.75 Å². The minimum absolute atomic E-state index is 0.269. The van der Waals surface area contributed by atoms with Crippen molar-refractivity contribution >= 4 is 21.9 Å². The molecular formula is C12H12BrNO2. The Labute approximate surface area is 103 Å². The standard InChI is InChI=1S/C12H12BrNO2/c13-10-3-5-11(6-4-10)16-12(15)9-2-1-7-14-8-9/h2-6,14H,1,7-8H2. The molecule has 0 atom stereocenters. The summed E-state index contributed by atoms with van der Waals surface area (Å²) in [6.07, 6.45) is 2.81. The van der Waals surface area contributed by atoms with Crippen LogP contribution in [0.1, 0.15) is 6.42 Å². The van der Waals surface area contributed by atoms with E-state index < -0.39 is 0 Å². The first kappa shape index (κ1) is 11.4. The lowest BCUT2D eigenvalue weighted by molar-refractivity contribution is -0.130. The van der Waals surface area contributed by atoms with Crippen LogP contribution in [0.5, 0.6) is 5.75 Å². The summed E-state index contributed by atoms with van der Waals surface area (Å²) >= 11 is 3.33. The van der Waals surface area contributed by atoms with Crippen LogP contribution in [0.3, 0.4) is 0 Å². The lowest BCUT2D eigenvalue weighted by atomic mass is 10.1. The summed E-state index contributed by atoms with van der Waals surface area (Å²) in [7, 11) is 0. The molecular weight excluding hydrogens is 270 g/mol. The third-order valence-corrected chi connectivity index (χ3v) is 2.84. The van der Waals surface area contributed by atoms with Gasteiger partial charge in [0.25, 0.3) is 0 Å². The van der Waals surface area contributed by atoms with Crippen molar-refractivity contribution < 1.29 is 9.53 Å². The first-order valence-corrected chi connectivity index (χ1v) is 5.92. The molecule has 2 rings (SSSR count). The van der Waals surface area contributed by atoms with Crippen molar-refractivity contribution in [3.63, 3.8) is 0 Å². The second-order valence-corrected chi connectivity index (χ2v) is 4.45. The predicted molar refractivity (Wildman–Crippen MR) is 65.3 cm³/mol. The summed E-state index contributed by atoms with van der Waals surface area (Å²) < 4.78 is 6.20. The fourth-order valence-electron chi connectivity index (χ4n) is 1.47. The van der Waals surface area contributed by atoms with E-state index in [0.29, 0.717) is 17.9 Å². The van der Waals surface area contributed by atoms with E-state index in [4.69, 9.17) is 4.74 Å². The maximum Gasteiger partial charge on any atom is 0.340 e. The third kappa shape index (κ3) is 2.93. The van der Waals surface area contributed by atoms with Crippen molar-refractivity contribution in [2.24, 2.45) is 0 Å². The Kier molecular flexibility index (Phi) is 3.74. The number of esters is 1. The van der Waals surface area contributed by atoms with Crippen molar-refractivity contribution in [3.05, 3.63) is 40.4 Å². The van der Waals surface area contributed by atoms with Gasteiger partial charge in [-0.2, -0.15) is 0 Å². The van der Waals surface area contributed by atoms with Crippen LogP contribution >= 0.6 is 15.9 Å². The summed E-state index contributed by atoms with van der Waals surface area (Å²) in [5, 5.41) is 3.13. The van der Waals surface area contributed by atoms with E-state index >= 15 is 0 Å². The van der Waals surface area contributed by atoms with E-state index in [0.717, 1.165) is 17.4 Å². The average molecular weight is 282 g/mol. The first-order chi connectivity index (χ1) is 7.75. The number of hydrogen-bond acceptors (Lipinski definition) is 3. The zero-order chi connectivity index (χ0) is 11.4. The normalized spacial score (nSPS) is 15.4. The fraction of sp³-hybridized carbons (Fsp3) is 0.250. The van der Waals surface area contributed by atoms with Gasteiger partial charge in [0.2, 0.25) is 0 Å². The molecule has 16 heavy (non-hydrogen) atoms. The molecule has 1 N–H and O–H groups in total. The maximum absolute atomic E-state index is 11.7. The van der Waals surface area contributed by atoms with Crippen LogP contribution in [-0.4, -0.2) is 19.1 Å². The number of ether oxygens (including phenoxy) is 1. The van der Waals surface area contributed by atoms with Crippen LogP contribution in [0.4, 0.5) is 0 Å². The van der Waals surface area contributed by atoms with Gasteiger partial charge in [0.05, 0.1) is 0 Å². The lowest BCUT2D eigenvalue weighted by Crippen LogP contribution is -2.28. The summed E-state index contributed by atoms with van der Waals surface area (Å²) in [6.45, 7) is 1.52. The molecule has 4 heteroatoms. The van der Waals surface area contributed by atoms with Gasteiger partial charge in [0, 0.05) is 16.6 Å². The Bertz CT molecular complexity index is 412. The summed E-state index contributed by atoms with van der Waals surface area (Å²) in [5.74, 6) is 0.300. The number of hydrogen-bond donors (Lipinski definition) is 1. The van der Waals surface area contributed by atoms with Gasteiger partial charge >= 0.3 is 5.97 Å².